The molecule has 1 rings (SSSR count). The lowest BCUT2D eigenvalue weighted by Crippen LogP contribution is -2.65. The second kappa shape index (κ2) is 13.1. The van der Waals surface area contributed by atoms with Crippen LogP contribution in [0.2, 0.25) is 0 Å². The minimum Gasteiger partial charge on any atom is -0.351 e. The minimum atomic E-state index is -7.24. The number of nitrogens with zero attached hydrogens (tertiary/aromatic N) is 2. The van der Waals surface area contributed by atoms with Crippen LogP contribution in [0.15, 0.2) is 0 Å². The zero-order chi connectivity index (χ0) is 34.8. The third-order valence-electron chi connectivity index (χ3n) is 6.20. The standard InChI is InChI=1S/C20H22F18N4O2/c21-13(22,15(25,26)17(29,30)19(33,34)35)11(43)39-3-1-5-41-7-9-42(10-8-41)6-2-4-40-12(44)14(23,24)16(27,28)18(31,32)20(36,37)38/h1-10H2,(H,39,43)(H,40,44). The van der Waals surface area contributed by atoms with Crippen molar-refractivity contribution in [1.82, 2.24) is 20.4 Å². The molecule has 1 fully saturated rings. The molecule has 1 aliphatic heterocycles. The highest BCUT2D eigenvalue weighted by molar-refractivity contribution is 5.85. The Morgan fingerprint density at radius 1 is 0.455 bits per heavy atom. The van der Waals surface area contributed by atoms with E-state index in [1.807, 2.05) is 0 Å². The van der Waals surface area contributed by atoms with E-state index in [4.69, 9.17) is 0 Å². The van der Waals surface area contributed by atoms with E-state index in [9.17, 15) is 88.6 Å². The van der Waals surface area contributed by atoms with Gasteiger partial charge in [-0.3, -0.25) is 9.59 Å². The van der Waals surface area contributed by atoms with Crippen molar-refractivity contribution in [2.45, 2.75) is 60.7 Å². The number of halogens is 18. The number of carbonyl (C=O) groups excluding carboxylic acids is 2. The second-order valence-corrected chi connectivity index (χ2v) is 9.34. The summed E-state index contributed by atoms with van der Waals surface area (Å²) < 4.78 is 231. The number of carbonyl (C=O) groups is 2. The number of amides is 2. The number of hydrogen-bond acceptors (Lipinski definition) is 4. The zero-order valence-corrected chi connectivity index (χ0v) is 21.6. The molecule has 1 aliphatic rings. The SMILES string of the molecule is O=C(NCCCN1CCN(CCCNC(=O)C(F)(F)C(F)(F)C(F)(F)C(F)(F)F)CC1)C(F)(F)C(F)(F)C(F)(F)C(F)(F)F. The van der Waals surface area contributed by atoms with Crippen molar-refractivity contribution < 1.29 is 88.6 Å². The number of piperazine rings is 1. The molecule has 260 valence electrons. The van der Waals surface area contributed by atoms with Gasteiger partial charge in [0, 0.05) is 39.3 Å². The fourth-order valence-corrected chi connectivity index (χ4v) is 3.50. The quantitative estimate of drug-likeness (QED) is 0.207. The summed E-state index contributed by atoms with van der Waals surface area (Å²) in [5, 5.41) is 2.28. The molecule has 0 aromatic carbocycles. The van der Waals surface area contributed by atoms with Crippen molar-refractivity contribution >= 4 is 11.8 Å². The highest BCUT2D eigenvalue weighted by atomic mass is 19.4. The van der Waals surface area contributed by atoms with Gasteiger partial charge in [-0.15, -0.1) is 0 Å². The van der Waals surface area contributed by atoms with Crippen LogP contribution in [0.4, 0.5) is 79.0 Å². The molecule has 1 heterocycles. The van der Waals surface area contributed by atoms with Crippen LogP contribution in [0.3, 0.4) is 0 Å². The summed E-state index contributed by atoms with van der Waals surface area (Å²) in [6.45, 7) is -1.16. The second-order valence-electron chi connectivity index (χ2n) is 9.34. The van der Waals surface area contributed by atoms with Gasteiger partial charge in [-0.05, 0) is 25.9 Å². The molecule has 2 N–H and O–H groups in total. The van der Waals surface area contributed by atoms with Gasteiger partial charge in [-0.25, -0.2) is 0 Å². The molecule has 0 saturated carbocycles. The van der Waals surface area contributed by atoms with Crippen molar-refractivity contribution in [2.24, 2.45) is 0 Å². The lowest BCUT2D eigenvalue weighted by molar-refractivity contribution is -0.388. The molecule has 6 nitrogen and oxygen atoms in total. The summed E-state index contributed by atoms with van der Waals surface area (Å²) in [5.74, 6) is -47.8. The van der Waals surface area contributed by atoms with Crippen molar-refractivity contribution in [3.63, 3.8) is 0 Å². The first-order valence-corrected chi connectivity index (χ1v) is 11.9. The third-order valence-corrected chi connectivity index (χ3v) is 6.20. The van der Waals surface area contributed by atoms with Gasteiger partial charge in [-0.2, -0.15) is 79.0 Å². The smallest absolute Gasteiger partial charge is 0.351 e. The van der Waals surface area contributed by atoms with Crippen molar-refractivity contribution in [2.75, 3.05) is 52.4 Å². The van der Waals surface area contributed by atoms with Crippen molar-refractivity contribution in [3.05, 3.63) is 0 Å². The van der Waals surface area contributed by atoms with E-state index in [2.05, 4.69) is 0 Å². The van der Waals surface area contributed by atoms with Crippen LogP contribution < -0.4 is 10.6 Å². The lowest BCUT2D eigenvalue weighted by atomic mass is 10.0. The van der Waals surface area contributed by atoms with E-state index >= 15 is 0 Å². The first kappa shape index (κ1) is 39.6. The highest BCUT2D eigenvalue weighted by Crippen LogP contribution is 2.54. The average Bonchev–Trinajstić information content (AvgIpc) is 2.87. The van der Waals surface area contributed by atoms with E-state index in [0.29, 0.717) is 0 Å². The molecule has 24 heteroatoms. The zero-order valence-electron chi connectivity index (χ0n) is 21.6. The fraction of sp³-hybridized carbons (Fsp3) is 0.900. The van der Waals surface area contributed by atoms with Crippen molar-refractivity contribution in [1.29, 1.82) is 0 Å². The van der Waals surface area contributed by atoms with Crippen LogP contribution >= 0.6 is 0 Å². The molecular weight excluding hydrogens is 670 g/mol. The van der Waals surface area contributed by atoms with E-state index in [1.54, 1.807) is 9.80 Å². The topological polar surface area (TPSA) is 64.7 Å². The Morgan fingerprint density at radius 3 is 0.932 bits per heavy atom. The number of rotatable bonds is 14. The fourth-order valence-electron chi connectivity index (χ4n) is 3.50. The minimum absolute atomic E-state index is 0.0449. The number of hydrogen-bond donors (Lipinski definition) is 2. The van der Waals surface area contributed by atoms with Crippen LogP contribution in [0, 0.1) is 0 Å². The molecule has 0 unspecified atom stereocenters. The van der Waals surface area contributed by atoms with Crippen LogP contribution in [0.1, 0.15) is 12.8 Å². The molecule has 2 amide bonds. The van der Waals surface area contributed by atoms with Gasteiger partial charge in [-0.1, -0.05) is 0 Å². The van der Waals surface area contributed by atoms with Gasteiger partial charge in [0.15, 0.2) is 0 Å². The first-order valence-electron chi connectivity index (χ1n) is 11.9. The van der Waals surface area contributed by atoms with Crippen LogP contribution in [0.25, 0.3) is 0 Å². The average molecular weight is 692 g/mol. The highest BCUT2D eigenvalue weighted by Gasteiger charge is 2.84. The van der Waals surface area contributed by atoms with E-state index in [-0.39, 0.29) is 52.1 Å². The summed E-state index contributed by atoms with van der Waals surface area (Å²) in [5.41, 5.74) is 0. The monoisotopic (exact) mass is 692 g/mol. The van der Waals surface area contributed by atoms with E-state index < -0.39 is 72.8 Å². The maximum Gasteiger partial charge on any atom is 0.460 e. The first-order chi connectivity index (χ1) is 19.5. The third kappa shape index (κ3) is 7.69. The Kier molecular flexibility index (Phi) is 11.8. The Labute approximate surface area is 235 Å². The number of nitrogens with one attached hydrogen (secondary N) is 2. The van der Waals surface area contributed by atoms with Crippen molar-refractivity contribution in [3.8, 4) is 0 Å². The molecular formula is C20H22F18N4O2. The Bertz CT molecular complexity index is 912. The van der Waals surface area contributed by atoms with Crippen LogP contribution in [0.5, 0.6) is 0 Å². The molecule has 0 aliphatic carbocycles. The lowest BCUT2D eigenvalue weighted by Gasteiger charge is -2.35. The molecule has 0 spiro atoms. The normalized spacial score (nSPS) is 17.5. The molecule has 0 atom stereocenters. The molecule has 1 saturated heterocycles. The molecule has 0 aromatic heterocycles. The molecule has 44 heavy (non-hydrogen) atoms. The molecule has 0 aromatic rings. The van der Waals surface area contributed by atoms with E-state index in [0.717, 1.165) is 10.6 Å². The predicted octanol–water partition coefficient (Wildman–Crippen LogP) is 4.55. The van der Waals surface area contributed by atoms with Gasteiger partial charge in [0.25, 0.3) is 11.8 Å². The predicted molar refractivity (Wildman–Crippen MR) is 110 cm³/mol. The van der Waals surface area contributed by atoms with Gasteiger partial charge in [0.2, 0.25) is 0 Å². The Hall–Kier alpha value is -2.40. The van der Waals surface area contributed by atoms with E-state index in [1.165, 1.54) is 0 Å². The maximum absolute atomic E-state index is 13.5. The van der Waals surface area contributed by atoms with Gasteiger partial charge < -0.3 is 20.4 Å². The summed E-state index contributed by atoms with van der Waals surface area (Å²) in [6.07, 6.45) is -14.7. The van der Waals surface area contributed by atoms with Crippen LogP contribution in [-0.4, -0.2) is 122 Å². The van der Waals surface area contributed by atoms with Gasteiger partial charge in [0.05, 0.1) is 0 Å². The largest absolute Gasteiger partial charge is 0.460 e. The summed E-state index contributed by atoms with van der Waals surface area (Å²) in [6, 6.07) is 0. The molecule has 0 radical (unpaired) electrons. The summed E-state index contributed by atoms with van der Waals surface area (Å²) in [4.78, 5) is 25.7. The maximum atomic E-state index is 13.5. The van der Waals surface area contributed by atoms with Crippen LogP contribution in [-0.2, 0) is 9.59 Å². The summed E-state index contributed by atoms with van der Waals surface area (Å²) >= 11 is 0. The van der Waals surface area contributed by atoms with Gasteiger partial charge in [0.1, 0.15) is 0 Å². The Balaban J connectivity index is 2.45. The number of alkyl halides is 18. The summed E-state index contributed by atoms with van der Waals surface area (Å²) in [7, 11) is 0. The molecule has 0 bridgehead atoms. The van der Waals surface area contributed by atoms with Gasteiger partial charge >= 0.3 is 47.9 Å². The Morgan fingerprint density at radius 2 is 0.705 bits per heavy atom.